The van der Waals surface area contributed by atoms with Crippen molar-refractivity contribution in [2.75, 3.05) is 5.32 Å². The molecule has 4 aromatic heterocycles. The van der Waals surface area contributed by atoms with E-state index < -0.39 is 34.6 Å². The highest BCUT2D eigenvalue weighted by molar-refractivity contribution is 7.13. The first-order valence-corrected chi connectivity index (χ1v) is 11.3. The van der Waals surface area contributed by atoms with E-state index in [-0.39, 0.29) is 16.4 Å². The van der Waals surface area contributed by atoms with Crippen molar-refractivity contribution in [3.63, 3.8) is 0 Å². The fraction of sp³-hybridized carbons (Fsp3) is 0.136. The summed E-state index contributed by atoms with van der Waals surface area (Å²) in [5, 5.41) is 4.85. The third-order valence-electron chi connectivity index (χ3n) is 4.72. The third kappa shape index (κ3) is 5.80. The Labute approximate surface area is 210 Å². The molecule has 0 fully saturated rings. The summed E-state index contributed by atoms with van der Waals surface area (Å²) in [6.07, 6.45) is 1.86. The number of anilines is 1. The van der Waals surface area contributed by atoms with Gasteiger partial charge < -0.3 is 10.6 Å². The molecule has 0 spiro atoms. The third-order valence-corrected chi connectivity index (χ3v) is 6.20. The first-order chi connectivity index (χ1) is 17.1. The standard InChI is InChI=1S/C22H15ClF3N7O2S/c1-11(32-19(34)16-6-15(30-10-31-16)12-3-2-4-27-7-12)21-29-9-17(36-21)20(35)33-18-5-13(22(24,25)26)14(23)8-28-18/h2-11H,1H3,(H,32,34)(H,28,33,35). The number of amides is 2. The lowest BCUT2D eigenvalue weighted by Gasteiger charge is -2.11. The topological polar surface area (TPSA) is 123 Å². The number of halogens is 4. The minimum atomic E-state index is -4.70. The van der Waals surface area contributed by atoms with Gasteiger partial charge >= 0.3 is 6.18 Å². The van der Waals surface area contributed by atoms with Crippen molar-refractivity contribution < 1.29 is 22.8 Å². The predicted molar refractivity (Wildman–Crippen MR) is 125 cm³/mol. The summed E-state index contributed by atoms with van der Waals surface area (Å²) in [5.41, 5.74) is 0.246. The van der Waals surface area contributed by atoms with Crippen LogP contribution in [0.5, 0.6) is 0 Å². The molecule has 2 amide bonds. The Bertz CT molecular complexity index is 1420. The molecule has 14 heteroatoms. The van der Waals surface area contributed by atoms with Gasteiger partial charge in [0.05, 0.1) is 28.5 Å². The van der Waals surface area contributed by atoms with Crippen molar-refractivity contribution in [1.82, 2.24) is 30.2 Å². The number of hydrogen-bond acceptors (Lipinski definition) is 8. The van der Waals surface area contributed by atoms with Gasteiger partial charge in [0, 0.05) is 24.2 Å². The second kappa shape index (κ2) is 10.3. The summed E-state index contributed by atoms with van der Waals surface area (Å²) >= 11 is 6.51. The van der Waals surface area contributed by atoms with Crippen molar-refractivity contribution in [2.24, 2.45) is 0 Å². The van der Waals surface area contributed by atoms with E-state index in [1.807, 2.05) is 0 Å². The van der Waals surface area contributed by atoms with Gasteiger partial charge in [-0.1, -0.05) is 11.6 Å². The van der Waals surface area contributed by atoms with Gasteiger partial charge in [0.25, 0.3) is 11.8 Å². The molecule has 36 heavy (non-hydrogen) atoms. The molecule has 0 bridgehead atoms. The van der Waals surface area contributed by atoms with E-state index in [9.17, 15) is 22.8 Å². The number of hydrogen-bond donors (Lipinski definition) is 2. The van der Waals surface area contributed by atoms with Crippen LogP contribution >= 0.6 is 22.9 Å². The molecule has 0 saturated heterocycles. The molecule has 9 nitrogen and oxygen atoms in total. The summed E-state index contributed by atoms with van der Waals surface area (Å²) < 4.78 is 39.1. The Morgan fingerprint density at radius 1 is 1.06 bits per heavy atom. The Morgan fingerprint density at radius 3 is 2.58 bits per heavy atom. The lowest BCUT2D eigenvalue weighted by Crippen LogP contribution is -2.27. The fourth-order valence-corrected chi connectivity index (χ4v) is 4.01. The van der Waals surface area contributed by atoms with Crippen LogP contribution in [0.2, 0.25) is 5.02 Å². The molecule has 4 rings (SSSR count). The number of aromatic nitrogens is 5. The SMILES string of the molecule is CC(NC(=O)c1cc(-c2cccnc2)ncn1)c1ncc(C(=O)Nc2cc(C(F)(F)F)c(Cl)cn2)s1. The first-order valence-electron chi connectivity index (χ1n) is 10.1. The molecule has 0 aromatic carbocycles. The van der Waals surface area contributed by atoms with Gasteiger partial charge in [-0.2, -0.15) is 13.2 Å². The average Bonchev–Trinajstić information content (AvgIpc) is 3.36. The number of pyridine rings is 2. The summed E-state index contributed by atoms with van der Waals surface area (Å²) in [6, 6.07) is 5.12. The van der Waals surface area contributed by atoms with E-state index in [1.54, 1.807) is 31.5 Å². The van der Waals surface area contributed by atoms with Crippen LogP contribution in [0.3, 0.4) is 0 Å². The molecule has 0 aliphatic carbocycles. The van der Waals surface area contributed by atoms with Crippen molar-refractivity contribution in [1.29, 1.82) is 0 Å². The van der Waals surface area contributed by atoms with E-state index in [4.69, 9.17) is 11.6 Å². The van der Waals surface area contributed by atoms with Crippen LogP contribution in [0.25, 0.3) is 11.3 Å². The number of thiazole rings is 1. The molecule has 0 aliphatic rings. The van der Waals surface area contributed by atoms with Gasteiger partial charge in [0.15, 0.2) is 0 Å². The van der Waals surface area contributed by atoms with Crippen molar-refractivity contribution in [3.05, 3.63) is 81.5 Å². The van der Waals surface area contributed by atoms with Crippen LogP contribution in [-0.2, 0) is 6.18 Å². The lowest BCUT2D eigenvalue weighted by molar-refractivity contribution is -0.137. The first kappa shape index (κ1) is 25.1. The van der Waals surface area contributed by atoms with Crippen molar-refractivity contribution in [3.8, 4) is 11.3 Å². The van der Waals surface area contributed by atoms with Gasteiger partial charge in [-0.05, 0) is 31.2 Å². The summed E-state index contributed by atoms with van der Waals surface area (Å²) in [5.74, 6) is -1.51. The molecule has 0 aliphatic heterocycles. The normalized spacial score (nSPS) is 12.1. The summed E-state index contributed by atoms with van der Waals surface area (Å²) in [6.45, 7) is 1.66. The second-order valence-corrected chi connectivity index (χ2v) is 8.76. The maximum absolute atomic E-state index is 13.0. The van der Waals surface area contributed by atoms with Crippen LogP contribution in [0.15, 0.2) is 55.4 Å². The number of nitrogens with one attached hydrogen (secondary N) is 2. The van der Waals surface area contributed by atoms with Gasteiger partial charge in [0.2, 0.25) is 0 Å². The number of nitrogens with zero attached hydrogens (tertiary/aromatic N) is 5. The molecular weight excluding hydrogens is 519 g/mol. The smallest absolute Gasteiger partial charge is 0.342 e. The predicted octanol–water partition coefficient (Wildman–Crippen LogP) is 4.81. The zero-order valence-corrected chi connectivity index (χ0v) is 19.8. The van der Waals surface area contributed by atoms with Crippen molar-refractivity contribution >= 4 is 40.6 Å². The van der Waals surface area contributed by atoms with E-state index in [0.29, 0.717) is 16.8 Å². The number of rotatable bonds is 6. The van der Waals surface area contributed by atoms with Crippen LogP contribution < -0.4 is 10.6 Å². The lowest BCUT2D eigenvalue weighted by atomic mass is 10.2. The zero-order valence-electron chi connectivity index (χ0n) is 18.2. The number of carbonyl (C=O) groups excluding carboxylic acids is 2. The zero-order chi connectivity index (χ0) is 25.9. The van der Waals surface area contributed by atoms with Crippen LogP contribution in [0.1, 0.15) is 43.7 Å². The van der Waals surface area contributed by atoms with Gasteiger partial charge in [-0.3, -0.25) is 14.6 Å². The van der Waals surface area contributed by atoms with E-state index in [0.717, 1.165) is 23.1 Å². The fourth-order valence-electron chi connectivity index (χ4n) is 2.98. The van der Waals surface area contributed by atoms with Gasteiger partial charge in [-0.25, -0.2) is 19.9 Å². The van der Waals surface area contributed by atoms with E-state index >= 15 is 0 Å². The quantitative estimate of drug-likeness (QED) is 0.365. The molecule has 1 atom stereocenters. The molecule has 184 valence electrons. The molecule has 1 unspecified atom stereocenters. The Morgan fingerprint density at radius 2 is 1.86 bits per heavy atom. The molecular formula is C22H15ClF3N7O2S. The highest BCUT2D eigenvalue weighted by Gasteiger charge is 2.34. The van der Waals surface area contributed by atoms with E-state index in [1.165, 1.54) is 18.6 Å². The number of alkyl halides is 3. The van der Waals surface area contributed by atoms with Crippen LogP contribution in [0.4, 0.5) is 19.0 Å². The summed E-state index contributed by atoms with van der Waals surface area (Å²) in [7, 11) is 0. The maximum atomic E-state index is 13.0. The monoisotopic (exact) mass is 533 g/mol. The van der Waals surface area contributed by atoms with Crippen molar-refractivity contribution in [2.45, 2.75) is 19.1 Å². The van der Waals surface area contributed by atoms with Gasteiger partial charge in [-0.15, -0.1) is 11.3 Å². The second-order valence-electron chi connectivity index (χ2n) is 7.29. The average molecular weight is 534 g/mol. The summed E-state index contributed by atoms with van der Waals surface area (Å²) in [4.78, 5) is 45.3. The molecule has 4 aromatic rings. The Balaban J connectivity index is 1.43. The molecule has 2 N–H and O–H groups in total. The highest BCUT2D eigenvalue weighted by atomic mass is 35.5. The number of carbonyl (C=O) groups is 2. The molecule has 4 heterocycles. The van der Waals surface area contributed by atoms with Crippen LogP contribution in [0, 0.1) is 0 Å². The molecule has 0 radical (unpaired) electrons. The van der Waals surface area contributed by atoms with Crippen LogP contribution in [-0.4, -0.2) is 36.7 Å². The van der Waals surface area contributed by atoms with Gasteiger partial charge in [0.1, 0.15) is 27.7 Å². The van der Waals surface area contributed by atoms with E-state index in [2.05, 4.69) is 35.6 Å². The largest absolute Gasteiger partial charge is 0.418 e. The highest BCUT2D eigenvalue weighted by Crippen LogP contribution is 2.35. The molecule has 0 saturated carbocycles. The Kier molecular flexibility index (Phi) is 7.22. The Hall–Kier alpha value is -3.97. The minimum Gasteiger partial charge on any atom is -0.342 e. The maximum Gasteiger partial charge on any atom is 0.418 e. The minimum absolute atomic E-state index is 0.109.